The Morgan fingerprint density at radius 2 is 2.00 bits per heavy atom. The summed E-state index contributed by atoms with van der Waals surface area (Å²) in [6, 6.07) is 5.23. The summed E-state index contributed by atoms with van der Waals surface area (Å²) in [4.78, 5) is 0. The molecule has 1 aromatic carbocycles. The van der Waals surface area contributed by atoms with Crippen molar-refractivity contribution in [3.05, 3.63) is 18.2 Å². The third-order valence-corrected chi connectivity index (χ3v) is 2.94. The Hall–Kier alpha value is -1.46. The zero-order valence-corrected chi connectivity index (χ0v) is 10.2. The molecule has 0 bridgehead atoms. The third kappa shape index (κ3) is 3.01. The molecule has 17 heavy (non-hydrogen) atoms. The lowest BCUT2D eigenvalue weighted by molar-refractivity contribution is 0.132. The van der Waals surface area contributed by atoms with Crippen LogP contribution in [0.4, 0.5) is 11.4 Å². The van der Waals surface area contributed by atoms with Gasteiger partial charge in [-0.25, -0.2) is 0 Å². The maximum absolute atomic E-state index is 9.34. The highest BCUT2D eigenvalue weighted by atomic mass is 16.5. The van der Waals surface area contributed by atoms with Crippen molar-refractivity contribution in [2.24, 2.45) is 0 Å². The first-order chi connectivity index (χ1) is 8.10. The molecule has 5 nitrogen and oxygen atoms in total. The quantitative estimate of drug-likeness (QED) is 0.553. The smallest absolute Gasteiger partial charge is 0.121 e. The maximum Gasteiger partial charge on any atom is 0.121 e. The number of hydrogen-bond donors (Lipinski definition) is 4. The third-order valence-electron chi connectivity index (χ3n) is 2.94. The molecule has 5 N–H and O–H groups in total. The maximum atomic E-state index is 9.34. The van der Waals surface area contributed by atoms with Crippen LogP contribution in [-0.4, -0.2) is 36.1 Å². The number of aliphatic hydroxyl groups is 2. The fourth-order valence-electron chi connectivity index (χ4n) is 1.51. The number of nitrogens with one attached hydrogen (secondary N) is 1. The number of nitrogens with two attached hydrogens (primary N) is 1. The van der Waals surface area contributed by atoms with Crippen LogP contribution in [0.3, 0.4) is 0 Å². The minimum absolute atomic E-state index is 0.161. The van der Waals surface area contributed by atoms with Gasteiger partial charge in [-0.05, 0) is 18.6 Å². The van der Waals surface area contributed by atoms with E-state index >= 15 is 0 Å². The Balaban J connectivity index is 2.94. The zero-order valence-electron chi connectivity index (χ0n) is 10.2. The van der Waals surface area contributed by atoms with E-state index < -0.39 is 5.54 Å². The van der Waals surface area contributed by atoms with Crippen molar-refractivity contribution in [3.63, 3.8) is 0 Å². The van der Waals surface area contributed by atoms with Gasteiger partial charge in [0.15, 0.2) is 0 Å². The molecule has 0 atom stereocenters. The van der Waals surface area contributed by atoms with Gasteiger partial charge in [-0.15, -0.1) is 0 Å². The summed E-state index contributed by atoms with van der Waals surface area (Å²) in [5.41, 5.74) is 6.31. The van der Waals surface area contributed by atoms with Crippen molar-refractivity contribution in [1.82, 2.24) is 0 Å². The van der Waals surface area contributed by atoms with Crippen molar-refractivity contribution < 1.29 is 14.9 Å². The first-order valence-corrected chi connectivity index (χ1v) is 5.54. The van der Waals surface area contributed by atoms with E-state index in [-0.39, 0.29) is 13.2 Å². The lowest BCUT2D eigenvalue weighted by Gasteiger charge is -2.31. The van der Waals surface area contributed by atoms with E-state index in [0.29, 0.717) is 23.5 Å². The highest BCUT2D eigenvalue weighted by Crippen LogP contribution is 2.27. The van der Waals surface area contributed by atoms with Crippen LogP contribution in [-0.2, 0) is 0 Å². The van der Waals surface area contributed by atoms with Crippen LogP contribution in [0.2, 0.25) is 0 Å². The Kier molecular flexibility index (Phi) is 4.60. The highest BCUT2D eigenvalue weighted by Gasteiger charge is 2.26. The molecule has 0 amide bonds. The van der Waals surface area contributed by atoms with E-state index in [0.717, 1.165) is 0 Å². The Bertz CT molecular complexity index is 357. The van der Waals surface area contributed by atoms with Crippen LogP contribution < -0.4 is 15.8 Å². The molecule has 0 saturated carbocycles. The van der Waals surface area contributed by atoms with E-state index in [9.17, 15) is 10.2 Å². The molecule has 0 aliphatic rings. The number of hydrogen-bond acceptors (Lipinski definition) is 5. The van der Waals surface area contributed by atoms with Crippen LogP contribution in [0.1, 0.15) is 13.3 Å². The van der Waals surface area contributed by atoms with Crippen LogP contribution in [0.5, 0.6) is 5.75 Å². The molecular weight excluding hydrogens is 220 g/mol. The number of benzene rings is 1. The summed E-state index contributed by atoms with van der Waals surface area (Å²) in [6.45, 7) is 1.57. The number of nitrogen functional groups attached to an aromatic ring is 1. The molecule has 0 spiro atoms. The van der Waals surface area contributed by atoms with Crippen LogP contribution in [0.15, 0.2) is 18.2 Å². The minimum Gasteiger partial charge on any atom is -0.497 e. The second-order valence-corrected chi connectivity index (χ2v) is 4.03. The number of anilines is 2. The monoisotopic (exact) mass is 240 g/mol. The fourth-order valence-corrected chi connectivity index (χ4v) is 1.51. The predicted molar refractivity (Wildman–Crippen MR) is 68.2 cm³/mol. The summed E-state index contributed by atoms with van der Waals surface area (Å²) in [7, 11) is 1.57. The molecule has 5 heteroatoms. The fraction of sp³-hybridized carbons (Fsp3) is 0.500. The predicted octanol–water partition coefficient (Wildman–Crippen LogP) is 0.823. The van der Waals surface area contributed by atoms with Gasteiger partial charge < -0.3 is 26.0 Å². The van der Waals surface area contributed by atoms with Crippen LogP contribution in [0, 0.1) is 0 Å². The van der Waals surface area contributed by atoms with E-state index in [1.165, 1.54) is 0 Å². The summed E-state index contributed by atoms with van der Waals surface area (Å²) in [6.07, 6.45) is 0.589. The van der Waals surface area contributed by atoms with Crippen LogP contribution >= 0.6 is 0 Å². The van der Waals surface area contributed by atoms with Gasteiger partial charge >= 0.3 is 0 Å². The molecule has 0 aliphatic heterocycles. The zero-order chi connectivity index (χ0) is 12.9. The van der Waals surface area contributed by atoms with Gasteiger partial charge in [0.25, 0.3) is 0 Å². The molecule has 0 aliphatic carbocycles. The van der Waals surface area contributed by atoms with Gasteiger partial charge in [-0.3, -0.25) is 0 Å². The normalized spacial score (nSPS) is 11.3. The van der Waals surface area contributed by atoms with E-state index in [1.807, 2.05) is 6.92 Å². The molecule has 0 aromatic heterocycles. The minimum atomic E-state index is -0.747. The Labute approximate surface area is 101 Å². The molecule has 1 aromatic rings. The number of methoxy groups -OCH3 is 1. The van der Waals surface area contributed by atoms with E-state index in [2.05, 4.69) is 5.32 Å². The van der Waals surface area contributed by atoms with Gasteiger partial charge in [0.05, 0.1) is 37.2 Å². The number of rotatable bonds is 6. The summed E-state index contributed by atoms with van der Waals surface area (Å²) in [5.74, 6) is 0.670. The lowest BCUT2D eigenvalue weighted by Crippen LogP contribution is -2.45. The molecule has 0 unspecified atom stereocenters. The van der Waals surface area contributed by atoms with Gasteiger partial charge in [-0.2, -0.15) is 0 Å². The lowest BCUT2D eigenvalue weighted by atomic mass is 9.98. The largest absolute Gasteiger partial charge is 0.497 e. The second-order valence-electron chi connectivity index (χ2n) is 4.03. The average Bonchev–Trinajstić information content (AvgIpc) is 2.38. The number of aliphatic hydroxyl groups excluding tert-OH is 2. The summed E-state index contributed by atoms with van der Waals surface area (Å²) >= 11 is 0. The SMILES string of the molecule is CCC(CO)(CO)Nc1ccc(OC)cc1N. The van der Waals surface area contributed by atoms with Gasteiger partial charge in [0.2, 0.25) is 0 Å². The van der Waals surface area contributed by atoms with Crippen molar-refractivity contribution in [2.45, 2.75) is 18.9 Å². The van der Waals surface area contributed by atoms with E-state index in [1.54, 1.807) is 25.3 Å². The first kappa shape index (κ1) is 13.6. The molecule has 0 radical (unpaired) electrons. The Morgan fingerprint density at radius 3 is 2.41 bits per heavy atom. The second kappa shape index (κ2) is 5.75. The summed E-state index contributed by atoms with van der Waals surface area (Å²) in [5, 5.41) is 21.8. The molecular formula is C12H20N2O3. The van der Waals surface area contributed by atoms with Crippen molar-refractivity contribution in [3.8, 4) is 5.75 Å². The number of ether oxygens (including phenoxy) is 1. The van der Waals surface area contributed by atoms with Gasteiger partial charge in [0, 0.05) is 6.07 Å². The topological polar surface area (TPSA) is 87.7 Å². The molecule has 0 saturated heterocycles. The summed E-state index contributed by atoms with van der Waals surface area (Å²) < 4.78 is 5.05. The van der Waals surface area contributed by atoms with Crippen molar-refractivity contribution in [2.75, 3.05) is 31.4 Å². The van der Waals surface area contributed by atoms with Gasteiger partial charge in [-0.1, -0.05) is 6.92 Å². The van der Waals surface area contributed by atoms with Crippen LogP contribution in [0.25, 0.3) is 0 Å². The van der Waals surface area contributed by atoms with Gasteiger partial charge in [0.1, 0.15) is 5.75 Å². The van der Waals surface area contributed by atoms with E-state index in [4.69, 9.17) is 10.5 Å². The molecule has 0 fully saturated rings. The van der Waals surface area contributed by atoms with Crippen molar-refractivity contribution >= 4 is 11.4 Å². The Morgan fingerprint density at radius 1 is 1.35 bits per heavy atom. The molecule has 1 rings (SSSR count). The molecule has 96 valence electrons. The van der Waals surface area contributed by atoms with Crippen molar-refractivity contribution in [1.29, 1.82) is 0 Å². The standard InChI is InChI=1S/C12H20N2O3/c1-3-12(7-15,8-16)14-11-5-4-9(17-2)6-10(11)13/h4-6,14-16H,3,7-8,13H2,1-2H3. The average molecular weight is 240 g/mol. The first-order valence-electron chi connectivity index (χ1n) is 5.54. The highest BCUT2D eigenvalue weighted by molar-refractivity contribution is 5.69. The molecule has 0 heterocycles.